The maximum atomic E-state index is 8.52. The molecular weight excluding hydrogens is 140 g/mol. The third-order valence-electron chi connectivity index (χ3n) is 1.98. The molecule has 0 aromatic heterocycles. The monoisotopic (exact) mass is 156 g/mol. The highest BCUT2D eigenvalue weighted by Crippen LogP contribution is 2.19. The van der Waals surface area contributed by atoms with Gasteiger partial charge < -0.3 is 9.84 Å². The van der Waals surface area contributed by atoms with Crippen molar-refractivity contribution in [3.63, 3.8) is 0 Å². The highest BCUT2D eigenvalue weighted by atomic mass is 16.5. The summed E-state index contributed by atoms with van der Waals surface area (Å²) in [6, 6.07) is 0. The van der Waals surface area contributed by atoms with Crippen LogP contribution < -0.4 is 0 Å². The lowest BCUT2D eigenvalue weighted by molar-refractivity contribution is 0.0226. The van der Waals surface area contributed by atoms with Crippen molar-refractivity contribution in [3.05, 3.63) is 11.6 Å². The van der Waals surface area contributed by atoms with Gasteiger partial charge in [0.05, 0.1) is 19.3 Å². The normalized spacial score (nSPS) is 24.9. The van der Waals surface area contributed by atoms with E-state index in [-0.39, 0.29) is 6.61 Å². The number of aliphatic hydroxyl groups is 1. The molecule has 0 aliphatic heterocycles. The van der Waals surface area contributed by atoms with Gasteiger partial charge in [-0.25, -0.2) is 0 Å². The minimum atomic E-state index is 0.138. The quantitative estimate of drug-likeness (QED) is 0.627. The van der Waals surface area contributed by atoms with Crippen LogP contribution in [0.4, 0.5) is 0 Å². The molecule has 0 radical (unpaired) electrons. The first kappa shape index (κ1) is 8.75. The summed E-state index contributed by atoms with van der Waals surface area (Å²) in [5.41, 5.74) is 1.42. The van der Waals surface area contributed by atoms with Crippen LogP contribution in [0.3, 0.4) is 0 Å². The molecule has 64 valence electrons. The van der Waals surface area contributed by atoms with E-state index in [1.54, 1.807) is 0 Å². The first-order chi connectivity index (χ1) is 5.33. The Morgan fingerprint density at radius 1 is 1.73 bits per heavy atom. The largest absolute Gasteiger partial charge is 0.394 e. The predicted octanol–water partition coefficient (Wildman–Crippen LogP) is 1.49. The summed E-state index contributed by atoms with van der Waals surface area (Å²) in [5, 5.41) is 8.52. The second kappa shape index (κ2) is 4.52. The van der Waals surface area contributed by atoms with E-state index in [9.17, 15) is 0 Å². The average molecular weight is 156 g/mol. The Bertz CT molecular complexity index is 140. The molecule has 1 aliphatic carbocycles. The molecular formula is C9H16O2. The highest BCUT2D eigenvalue weighted by molar-refractivity contribution is 5.03. The molecule has 11 heavy (non-hydrogen) atoms. The van der Waals surface area contributed by atoms with Crippen LogP contribution in [0.15, 0.2) is 11.6 Å². The van der Waals surface area contributed by atoms with Gasteiger partial charge in [0.15, 0.2) is 0 Å². The molecule has 0 heterocycles. The average Bonchev–Trinajstić information content (AvgIpc) is 2.01. The zero-order chi connectivity index (χ0) is 8.10. The predicted molar refractivity (Wildman–Crippen MR) is 44.4 cm³/mol. The van der Waals surface area contributed by atoms with Gasteiger partial charge in [-0.05, 0) is 26.2 Å². The summed E-state index contributed by atoms with van der Waals surface area (Å²) in [5.74, 6) is 0. The highest BCUT2D eigenvalue weighted by Gasteiger charge is 2.12. The Balaban J connectivity index is 2.21. The van der Waals surface area contributed by atoms with Gasteiger partial charge in [-0.1, -0.05) is 11.6 Å². The van der Waals surface area contributed by atoms with Crippen LogP contribution in [0.1, 0.15) is 26.2 Å². The Kier molecular flexibility index (Phi) is 3.60. The molecule has 2 heteroatoms. The molecule has 0 bridgehead atoms. The zero-order valence-corrected chi connectivity index (χ0v) is 7.05. The van der Waals surface area contributed by atoms with Crippen LogP contribution >= 0.6 is 0 Å². The van der Waals surface area contributed by atoms with Crippen molar-refractivity contribution < 1.29 is 9.84 Å². The Morgan fingerprint density at radius 2 is 2.55 bits per heavy atom. The number of rotatable bonds is 3. The van der Waals surface area contributed by atoms with Gasteiger partial charge in [0, 0.05) is 0 Å². The first-order valence-electron chi connectivity index (χ1n) is 4.21. The van der Waals surface area contributed by atoms with Crippen molar-refractivity contribution >= 4 is 0 Å². The fourth-order valence-electron chi connectivity index (χ4n) is 1.42. The van der Waals surface area contributed by atoms with Crippen LogP contribution in [-0.4, -0.2) is 24.4 Å². The molecule has 1 rings (SSSR count). The van der Waals surface area contributed by atoms with Gasteiger partial charge in [0.2, 0.25) is 0 Å². The van der Waals surface area contributed by atoms with Gasteiger partial charge in [0.1, 0.15) is 0 Å². The molecule has 1 atom stereocenters. The molecule has 0 saturated heterocycles. The van der Waals surface area contributed by atoms with Crippen LogP contribution in [-0.2, 0) is 4.74 Å². The second-order valence-corrected chi connectivity index (χ2v) is 3.05. The Morgan fingerprint density at radius 3 is 3.18 bits per heavy atom. The lowest BCUT2D eigenvalue weighted by Gasteiger charge is -2.20. The van der Waals surface area contributed by atoms with E-state index < -0.39 is 0 Å². The van der Waals surface area contributed by atoms with Crippen LogP contribution in [0.2, 0.25) is 0 Å². The summed E-state index contributed by atoms with van der Waals surface area (Å²) in [6.45, 7) is 2.76. The van der Waals surface area contributed by atoms with Crippen molar-refractivity contribution in [1.82, 2.24) is 0 Å². The van der Waals surface area contributed by atoms with Crippen molar-refractivity contribution in [2.24, 2.45) is 0 Å². The molecule has 0 aromatic carbocycles. The number of ether oxygens (including phenoxy) is 1. The molecule has 1 N–H and O–H groups in total. The molecule has 0 saturated carbocycles. The van der Waals surface area contributed by atoms with E-state index in [2.05, 4.69) is 13.0 Å². The van der Waals surface area contributed by atoms with E-state index in [1.165, 1.54) is 5.57 Å². The molecule has 0 fully saturated rings. The second-order valence-electron chi connectivity index (χ2n) is 3.05. The maximum Gasteiger partial charge on any atom is 0.0701 e. The van der Waals surface area contributed by atoms with Gasteiger partial charge in [-0.2, -0.15) is 0 Å². The topological polar surface area (TPSA) is 29.5 Å². The lowest BCUT2D eigenvalue weighted by atomic mass is 9.98. The molecule has 0 aromatic rings. The smallest absolute Gasteiger partial charge is 0.0701 e. The summed E-state index contributed by atoms with van der Waals surface area (Å²) in [7, 11) is 0. The minimum absolute atomic E-state index is 0.138. The summed E-state index contributed by atoms with van der Waals surface area (Å²) in [4.78, 5) is 0. The molecule has 1 aliphatic rings. The van der Waals surface area contributed by atoms with E-state index in [1.807, 2.05) is 0 Å². The maximum absolute atomic E-state index is 8.52. The Hall–Kier alpha value is -0.340. The molecule has 1 unspecified atom stereocenters. The standard InChI is InChI=1S/C9H16O2/c1-8-3-2-4-9(7-8)11-6-5-10/h3,9-10H,2,4-7H2,1H3. The number of aliphatic hydroxyl groups excluding tert-OH is 1. The van der Waals surface area contributed by atoms with Gasteiger partial charge in [-0.3, -0.25) is 0 Å². The number of hydrogen-bond donors (Lipinski definition) is 1. The SMILES string of the molecule is CC1=CCCC(OCCO)C1. The summed E-state index contributed by atoms with van der Waals surface area (Å²) < 4.78 is 5.41. The third kappa shape index (κ3) is 3.04. The van der Waals surface area contributed by atoms with Crippen molar-refractivity contribution in [2.45, 2.75) is 32.3 Å². The molecule has 2 nitrogen and oxygen atoms in total. The van der Waals surface area contributed by atoms with Crippen LogP contribution in [0, 0.1) is 0 Å². The van der Waals surface area contributed by atoms with E-state index in [4.69, 9.17) is 9.84 Å². The van der Waals surface area contributed by atoms with Crippen molar-refractivity contribution in [2.75, 3.05) is 13.2 Å². The van der Waals surface area contributed by atoms with Crippen LogP contribution in [0.5, 0.6) is 0 Å². The molecule has 0 amide bonds. The lowest BCUT2D eigenvalue weighted by Crippen LogP contribution is -2.17. The molecule has 0 spiro atoms. The summed E-state index contributed by atoms with van der Waals surface area (Å²) in [6.07, 6.45) is 5.89. The van der Waals surface area contributed by atoms with Gasteiger partial charge in [-0.15, -0.1) is 0 Å². The van der Waals surface area contributed by atoms with Gasteiger partial charge in [0.25, 0.3) is 0 Å². The van der Waals surface area contributed by atoms with E-state index in [0.717, 1.165) is 19.3 Å². The number of allylic oxidation sites excluding steroid dienone is 1. The fraction of sp³-hybridized carbons (Fsp3) is 0.778. The van der Waals surface area contributed by atoms with Crippen molar-refractivity contribution in [1.29, 1.82) is 0 Å². The Labute approximate surface area is 67.9 Å². The fourth-order valence-corrected chi connectivity index (χ4v) is 1.42. The van der Waals surface area contributed by atoms with Crippen LogP contribution in [0.25, 0.3) is 0 Å². The number of hydrogen-bond acceptors (Lipinski definition) is 2. The van der Waals surface area contributed by atoms with E-state index >= 15 is 0 Å². The van der Waals surface area contributed by atoms with Gasteiger partial charge >= 0.3 is 0 Å². The van der Waals surface area contributed by atoms with E-state index in [0.29, 0.717) is 12.7 Å². The van der Waals surface area contributed by atoms with Crippen molar-refractivity contribution in [3.8, 4) is 0 Å². The zero-order valence-electron chi connectivity index (χ0n) is 7.05. The minimum Gasteiger partial charge on any atom is -0.394 e. The third-order valence-corrected chi connectivity index (χ3v) is 1.98. The summed E-state index contributed by atoms with van der Waals surface area (Å²) >= 11 is 0. The first-order valence-corrected chi connectivity index (χ1v) is 4.21.